The molecular weight excluding hydrogens is 576 g/mol. The Hall–Kier alpha value is -6.64. The van der Waals surface area contributed by atoms with Gasteiger partial charge in [-0.05, 0) is 45.8 Å². The van der Waals surface area contributed by atoms with Gasteiger partial charge >= 0.3 is 47.8 Å². The average molecular weight is 590 g/mol. The number of hydrogen-bond donors (Lipinski definition) is 6. The van der Waals surface area contributed by atoms with Crippen LogP contribution >= 0.6 is 0 Å². The third-order valence-corrected chi connectivity index (χ3v) is 6.34. The molecule has 0 atom stereocenters. The number of fused-ring (bicyclic) bond motifs is 2. The number of aromatic carboxylic acids is 6. The zero-order valence-corrected chi connectivity index (χ0v) is 21.0. The first-order valence-corrected chi connectivity index (χ1v) is 11.5. The van der Waals surface area contributed by atoms with Crippen LogP contribution in [0.2, 0.25) is 0 Å². The summed E-state index contributed by atoms with van der Waals surface area (Å²) in [6.45, 7) is 0. The predicted octanol–water partition coefficient (Wildman–Crippen LogP) is 3.18. The molecule has 0 radical (unpaired) electrons. The quantitative estimate of drug-likeness (QED) is 0.127. The van der Waals surface area contributed by atoms with Gasteiger partial charge in [0.1, 0.15) is 0 Å². The summed E-state index contributed by atoms with van der Waals surface area (Å²) in [5.74, 6) is -13.7. The molecule has 0 unspecified atom stereocenters. The minimum atomic E-state index is -1.74. The van der Waals surface area contributed by atoms with Crippen molar-refractivity contribution in [2.45, 2.75) is 0 Å². The fraction of sp³-hybridized carbons (Fsp3) is 0. The third-order valence-electron chi connectivity index (χ3n) is 6.34. The number of benzene rings is 4. The molecule has 0 aromatic heterocycles. The monoisotopic (exact) mass is 590 g/mol. The number of carbonyl (C=O) groups is 8. The molecule has 0 spiro atoms. The zero-order valence-electron chi connectivity index (χ0n) is 21.0. The van der Waals surface area contributed by atoms with Crippen molar-refractivity contribution >= 4 is 69.3 Å². The Morgan fingerprint density at radius 2 is 0.581 bits per heavy atom. The van der Waals surface area contributed by atoms with Crippen LogP contribution in [0.4, 0.5) is 0 Å². The summed E-state index contributed by atoms with van der Waals surface area (Å²) in [5.41, 5.74) is -6.35. The Labute approximate surface area is 236 Å². The molecule has 4 aromatic rings. The lowest BCUT2D eigenvalue weighted by molar-refractivity contribution is 0.0388. The Balaban J connectivity index is 1.96. The molecule has 6 N–H and O–H groups in total. The summed E-state index contributed by atoms with van der Waals surface area (Å²) in [6.07, 6.45) is 0. The smallest absolute Gasteiger partial charge is 0.347 e. The molecule has 0 aliphatic heterocycles. The molecule has 15 nitrogen and oxygen atoms in total. The van der Waals surface area contributed by atoms with Crippen molar-refractivity contribution in [3.8, 4) is 0 Å². The molecule has 0 heterocycles. The number of carbonyl (C=O) groups excluding carboxylic acids is 2. The highest BCUT2D eigenvalue weighted by Crippen LogP contribution is 2.32. The summed E-state index contributed by atoms with van der Waals surface area (Å²) >= 11 is 0. The molecule has 15 heteroatoms. The number of rotatable bonds is 8. The van der Waals surface area contributed by atoms with Gasteiger partial charge in [-0.15, -0.1) is 0 Å². The zero-order chi connectivity index (χ0) is 31.9. The molecule has 0 aliphatic rings. The third kappa shape index (κ3) is 4.93. The van der Waals surface area contributed by atoms with Crippen LogP contribution in [0.25, 0.3) is 21.5 Å². The summed E-state index contributed by atoms with van der Waals surface area (Å²) in [7, 11) is 0. The lowest BCUT2D eigenvalue weighted by Crippen LogP contribution is -2.20. The van der Waals surface area contributed by atoms with E-state index in [1.165, 1.54) is 0 Å². The van der Waals surface area contributed by atoms with E-state index in [9.17, 15) is 69.0 Å². The van der Waals surface area contributed by atoms with E-state index < -0.39 is 114 Å². The van der Waals surface area contributed by atoms with E-state index in [1.807, 2.05) is 0 Å². The first kappa shape index (κ1) is 29.3. The van der Waals surface area contributed by atoms with E-state index in [4.69, 9.17) is 4.74 Å². The van der Waals surface area contributed by atoms with Crippen LogP contribution in [0.15, 0.2) is 48.5 Å². The van der Waals surface area contributed by atoms with Crippen LogP contribution in [0.5, 0.6) is 0 Å². The van der Waals surface area contributed by atoms with E-state index in [1.54, 1.807) is 0 Å². The molecule has 0 aliphatic carbocycles. The lowest BCUT2D eigenvalue weighted by Gasteiger charge is -2.15. The number of hydrogen-bond acceptors (Lipinski definition) is 9. The molecule has 43 heavy (non-hydrogen) atoms. The molecule has 4 aromatic carbocycles. The van der Waals surface area contributed by atoms with E-state index >= 15 is 0 Å². The van der Waals surface area contributed by atoms with Gasteiger partial charge in [0, 0.05) is 0 Å². The Morgan fingerprint density at radius 3 is 0.814 bits per heavy atom. The lowest BCUT2D eigenvalue weighted by atomic mass is 9.92. The molecule has 0 amide bonds. The first-order chi connectivity index (χ1) is 20.2. The van der Waals surface area contributed by atoms with E-state index in [0.717, 1.165) is 48.5 Å². The SMILES string of the molecule is O=C(O)c1ccc2c(C(=O)OC(=O)c3c(C(=O)O)ccc4c(C(=O)O)c(C(=O)O)ccc34)c(C(=O)O)ccc2c1C(=O)O. The summed E-state index contributed by atoms with van der Waals surface area (Å²) < 4.78 is 4.84. The Bertz CT molecular complexity index is 1860. The molecular formula is C28H14O15. The highest BCUT2D eigenvalue weighted by atomic mass is 16.6. The van der Waals surface area contributed by atoms with Gasteiger partial charge in [-0.1, -0.05) is 24.3 Å². The van der Waals surface area contributed by atoms with E-state index in [2.05, 4.69) is 0 Å². The largest absolute Gasteiger partial charge is 0.478 e. The Kier molecular flexibility index (Phi) is 7.33. The maximum Gasteiger partial charge on any atom is 0.347 e. The second-order valence-electron chi connectivity index (χ2n) is 8.65. The maximum atomic E-state index is 13.3. The summed E-state index contributed by atoms with van der Waals surface area (Å²) in [4.78, 5) is 97.4. The van der Waals surface area contributed by atoms with Crippen molar-refractivity contribution in [1.29, 1.82) is 0 Å². The predicted molar refractivity (Wildman–Crippen MR) is 139 cm³/mol. The molecule has 0 fully saturated rings. The van der Waals surface area contributed by atoms with Crippen LogP contribution in [-0.4, -0.2) is 78.4 Å². The van der Waals surface area contributed by atoms with Crippen molar-refractivity contribution in [3.05, 3.63) is 93.0 Å². The van der Waals surface area contributed by atoms with Crippen LogP contribution in [0.1, 0.15) is 82.9 Å². The summed E-state index contributed by atoms with van der Waals surface area (Å²) in [5, 5.41) is 55.7. The van der Waals surface area contributed by atoms with Crippen LogP contribution in [0, 0.1) is 0 Å². The minimum absolute atomic E-state index is 0.402. The number of esters is 2. The topological polar surface area (TPSA) is 267 Å². The van der Waals surface area contributed by atoms with Crippen molar-refractivity contribution in [3.63, 3.8) is 0 Å². The fourth-order valence-corrected chi connectivity index (χ4v) is 4.61. The Morgan fingerprint density at radius 1 is 0.349 bits per heavy atom. The molecule has 216 valence electrons. The maximum absolute atomic E-state index is 13.3. The van der Waals surface area contributed by atoms with Crippen LogP contribution in [0.3, 0.4) is 0 Å². The minimum Gasteiger partial charge on any atom is -0.478 e. The van der Waals surface area contributed by atoms with Crippen LogP contribution < -0.4 is 0 Å². The van der Waals surface area contributed by atoms with Gasteiger partial charge in [-0.3, -0.25) is 0 Å². The van der Waals surface area contributed by atoms with Crippen LogP contribution in [-0.2, 0) is 4.74 Å². The molecule has 4 rings (SSSR count). The van der Waals surface area contributed by atoms with Crippen molar-refractivity contribution in [2.75, 3.05) is 0 Å². The molecule has 0 bridgehead atoms. The number of carboxylic acid groups (broad SMARTS) is 6. The number of ether oxygens (including phenoxy) is 1. The van der Waals surface area contributed by atoms with Crippen molar-refractivity contribution < 1.29 is 73.7 Å². The van der Waals surface area contributed by atoms with Gasteiger partial charge in [0.15, 0.2) is 0 Å². The van der Waals surface area contributed by atoms with Gasteiger partial charge in [0.2, 0.25) is 0 Å². The highest BCUT2D eigenvalue weighted by Gasteiger charge is 2.31. The normalized spacial score (nSPS) is 10.7. The highest BCUT2D eigenvalue weighted by molar-refractivity contribution is 6.23. The summed E-state index contributed by atoms with van der Waals surface area (Å²) in [6, 6.07) is 6.85. The van der Waals surface area contributed by atoms with Gasteiger partial charge < -0.3 is 35.4 Å². The van der Waals surface area contributed by atoms with Gasteiger partial charge in [0.05, 0.1) is 44.5 Å². The van der Waals surface area contributed by atoms with E-state index in [-0.39, 0.29) is 0 Å². The van der Waals surface area contributed by atoms with Crippen molar-refractivity contribution in [1.82, 2.24) is 0 Å². The molecule has 0 saturated heterocycles. The number of carboxylic acids is 6. The van der Waals surface area contributed by atoms with Gasteiger partial charge in [-0.25, -0.2) is 38.4 Å². The second kappa shape index (κ2) is 10.7. The molecule has 0 saturated carbocycles. The average Bonchev–Trinajstić information content (AvgIpc) is 2.93. The van der Waals surface area contributed by atoms with Crippen molar-refractivity contribution in [2.24, 2.45) is 0 Å². The standard InChI is InChI=1S/C28H14O15/c29-21(30)13-5-3-11-9(17(13)25(37)38)1-7-15(23(33)34)19(11)27(41)43-28(42)20-12-4-6-14(22(31)32)18(26(39)40)10(12)2-8-16(20)24(35)36/h1-8H,(H,29,30)(H,31,32)(H,33,34)(H,35,36)(H,37,38)(H,39,40). The fourth-order valence-electron chi connectivity index (χ4n) is 4.61. The van der Waals surface area contributed by atoms with Gasteiger partial charge in [0.25, 0.3) is 0 Å². The van der Waals surface area contributed by atoms with Gasteiger partial charge in [-0.2, -0.15) is 0 Å². The first-order valence-electron chi connectivity index (χ1n) is 11.5. The van der Waals surface area contributed by atoms with E-state index in [0.29, 0.717) is 0 Å². The second-order valence-corrected chi connectivity index (χ2v) is 8.65.